The van der Waals surface area contributed by atoms with Crippen LogP contribution in [-0.4, -0.2) is 0 Å². The average molecular weight is 244 g/mol. The molecule has 0 aliphatic heterocycles. The van der Waals surface area contributed by atoms with Crippen molar-refractivity contribution in [1.29, 1.82) is 0 Å². The Kier molecular flexibility index (Phi) is 6.46. The van der Waals surface area contributed by atoms with Crippen LogP contribution in [0.4, 0.5) is 0 Å². The summed E-state index contributed by atoms with van der Waals surface area (Å²) >= 11 is 0. The number of rotatable bonds is 7. The van der Waals surface area contributed by atoms with Crippen molar-refractivity contribution >= 4 is 0 Å². The molecule has 0 aliphatic carbocycles. The lowest BCUT2D eigenvalue weighted by Crippen LogP contribution is -2.14. The fourth-order valence-corrected chi connectivity index (χ4v) is 2.40. The van der Waals surface area contributed by atoms with Gasteiger partial charge in [0.15, 0.2) is 0 Å². The summed E-state index contributed by atoms with van der Waals surface area (Å²) in [4.78, 5) is 0. The lowest BCUT2D eigenvalue weighted by Gasteiger charge is -2.22. The number of aryl methyl sites for hydroxylation is 1. The van der Waals surface area contributed by atoms with Gasteiger partial charge in [-0.15, -0.1) is 0 Å². The fraction of sp³-hybridized carbons (Fsp3) is 0.667. The van der Waals surface area contributed by atoms with Crippen molar-refractivity contribution < 1.29 is 0 Å². The van der Waals surface area contributed by atoms with E-state index in [9.17, 15) is 0 Å². The Morgan fingerprint density at radius 3 is 2.33 bits per heavy atom. The zero-order valence-corrected chi connectivity index (χ0v) is 12.6. The SMILES string of the molecule is CCCCCCCCc1[c][c]ccc1C(C)(C)C. The Balaban J connectivity index is 2.43. The third kappa shape index (κ3) is 5.25. The van der Waals surface area contributed by atoms with E-state index in [2.05, 4.69) is 45.9 Å². The molecule has 0 aliphatic rings. The van der Waals surface area contributed by atoms with Crippen LogP contribution in [0.15, 0.2) is 12.1 Å². The molecule has 0 bridgehead atoms. The molecule has 0 fully saturated rings. The Bertz CT molecular complexity index is 330. The van der Waals surface area contributed by atoms with E-state index >= 15 is 0 Å². The maximum absolute atomic E-state index is 3.32. The molecule has 1 aromatic rings. The molecule has 1 aromatic carbocycles. The van der Waals surface area contributed by atoms with E-state index in [1.54, 1.807) is 0 Å². The number of hydrogen-bond donors (Lipinski definition) is 0. The first-order valence-electron chi connectivity index (χ1n) is 7.47. The van der Waals surface area contributed by atoms with Crippen molar-refractivity contribution in [3.05, 3.63) is 35.4 Å². The van der Waals surface area contributed by atoms with Gasteiger partial charge in [0.2, 0.25) is 0 Å². The fourth-order valence-electron chi connectivity index (χ4n) is 2.40. The molecule has 18 heavy (non-hydrogen) atoms. The van der Waals surface area contributed by atoms with Gasteiger partial charge in [0, 0.05) is 0 Å². The molecule has 0 N–H and O–H groups in total. The molecule has 0 unspecified atom stereocenters. The Morgan fingerprint density at radius 2 is 1.67 bits per heavy atom. The van der Waals surface area contributed by atoms with Gasteiger partial charge in [-0.05, 0) is 41.5 Å². The highest BCUT2D eigenvalue weighted by Gasteiger charge is 2.16. The van der Waals surface area contributed by atoms with E-state index in [0.29, 0.717) is 0 Å². The van der Waals surface area contributed by atoms with Crippen LogP contribution >= 0.6 is 0 Å². The first-order chi connectivity index (χ1) is 8.55. The summed E-state index contributed by atoms with van der Waals surface area (Å²) in [5.41, 5.74) is 3.04. The molecule has 0 nitrogen and oxygen atoms in total. The molecular formula is C18H28. The molecule has 100 valence electrons. The molecule has 0 heterocycles. The highest BCUT2D eigenvalue weighted by molar-refractivity contribution is 5.31. The normalized spacial score (nSPS) is 11.8. The summed E-state index contributed by atoms with van der Waals surface area (Å²) in [7, 11) is 0. The highest BCUT2D eigenvalue weighted by Crippen LogP contribution is 2.26. The summed E-state index contributed by atoms with van der Waals surface area (Å²) < 4.78 is 0. The molecule has 0 amide bonds. The molecule has 0 saturated heterocycles. The van der Waals surface area contributed by atoms with Gasteiger partial charge >= 0.3 is 0 Å². The summed E-state index contributed by atoms with van der Waals surface area (Å²) in [6.45, 7) is 9.10. The van der Waals surface area contributed by atoms with Crippen LogP contribution in [0.3, 0.4) is 0 Å². The third-order valence-electron chi connectivity index (χ3n) is 3.47. The Hall–Kier alpha value is -0.780. The molecule has 0 aromatic heterocycles. The summed E-state index contributed by atoms with van der Waals surface area (Å²) in [6, 6.07) is 10.6. The van der Waals surface area contributed by atoms with Gasteiger partial charge in [-0.3, -0.25) is 0 Å². The number of hydrogen-bond acceptors (Lipinski definition) is 0. The Labute approximate surface area is 114 Å². The smallest absolute Gasteiger partial charge is 0.00610 e. The van der Waals surface area contributed by atoms with Gasteiger partial charge in [0.05, 0.1) is 0 Å². The van der Waals surface area contributed by atoms with Crippen molar-refractivity contribution in [2.75, 3.05) is 0 Å². The van der Waals surface area contributed by atoms with Gasteiger partial charge in [-0.2, -0.15) is 0 Å². The first kappa shape index (κ1) is 15.3. The van der Waals surface area contributed by atoms with Crippen LogP contribution in [-0.2, 0) is 11.8 Å². The zero-order valence-electron chi connectivity index (χ0n) is 12.6. The minimum Gasteiger partial charge on any atom is -0.0654 e. The molecule has 1 rings (SSSR count). The van der Waals surface area contributed by atoms with Crippen molar-refractivity contribution in [3.63, 3.8) is 0 Å². The van der Waals surface area contributed by atoms with E-state index in [0.717, 1.165) is 6.42 Å². The second kappa shape index (κ2) is 7.61. The first-order valence-corrected chi connectivity index (χ1v) is 7.47. The maximum atomic E-state index is 3.32. The van der Waals surface area contributed by atoms with E-state index in [-0.39, 0.29) is 5.41 Å². The summed E-state index contributed by atoms with van der Waals surface area (Å²) in [6.07, 6.45) is 9.31. The van der Waals surface area contributed by atoms with Gasteiger partial charge < -0.3 is 0 Å². The molecule has 0 heteroatoms. The topological polar surface area (TPSA) is 0 Å². The second-order valence-corrected chi connectivity index (χ2v) is 6.26. The van der Waals surface area contributed by atoms with Crippen LogP contribution < -0.4 is 0 Å². The van der Waals surface area contributed by atoms with Crippen LogP contribution in [0.5, 0.6) is 0 Å². The largest absolute Gasteiger partial charge is 0.0654 e. The minimum atomic E-state index is 0.225. The average Bonchev–Trinajstić information content (AvgIpc) is 2.33. The van der Waals surface area contributed by atoms with E-state index in [1.807, 2.05) is 6.07 Å². The maximum Gasteiger partial charge on any atom is -0.00610 e. The molecule has 2 radical (unpaired) electrons. The zero-order chi connectivity index (χ0) is 13.4. The van der Waals surface area contributed by atoms with Crippen molar-refractivity contribution in [2.45, 2.75) is 78.1 Å². The molecule has 0 spiro atoms. The summed E-state index contributed by atoms with van der Waals surface area (Å²) in [5, 5.41) is 0. The highest BCUT2D eigenvalue weighted by atomic mass is 14.2. The minimum absolute atomic E-state index is 0.225. The van der Waals surface area contributed by atoms with E-state index < -0.39 is 0 Å². The number of unbranched alkanes of at least 4 members (excludes halogenated alkanes) is 5. The standard InChI is InChI=1S/C18H28/c1-5-6-7-8-9-10-13-16-14-11-12-15-17(16)18(2,3)4/h12,15H,5-10,13H2,1-4H3. The van der Waals surface area contributed by atoms with Crippen LogP contribution in [0.2, 0.25) is 0 Å². The summed E-state index contributed by atoms with van der Waals surface area (Å²) in [5.74, 6) is 0. The quantitative estimate of drug-likeness (QED) is 0.556. The number of benzene rings is 1. The van der Waals surface area contributed by atoms with Crippen LogP contribution in [0, 0.1) is 12.1 Å². The van der Waals surface area contributed by atoms with Gasteiger partial charge in [0.25, 0.3) is 0 Å². The van der Waals surface area contributed by atoms with Gasteiger partial charge in [0.1, 0.15) is 0 Å². The molecule has 0 saturated carbocycles. The predicted octanol–water partition coefficient (Wildman–Crippen LogP) is 5.49. The lowest BCUT2D eigenvalue weighted by molar-refractivity contribution is 0.571. The third-order valence-corrected chi connectivity index (χ3v) is 3.47. The van der Waals surface area contributed by atoms with E-state index in [1.165, 1.54) is 49.7 Å². The van der Waals surface area contributed by atoms with Crippen molar-refractivity contribution in [3.8, 4) is 0 Å². The van der Waals surface area contributed by atoms with Gasteiger partial charge in [-0.1, -0.05) is 71.9 Å². The van der Waals surface area contributed by atoms with E-state index in [4.69, 9.17) is 0 Å². The van der Waals surface area contributed by atoms with Crippen molar-refractivity contribution in [2.24, 2.45) is 0 Å². The molecular weight excluding hydrogens is 216 g/mol. The second-order valence-electron chi connectivity index (χ2n) is 6.26. The predicted molar refractivity (Wildman–Crippen MR) is 79.9 cm³/mol. The van der Waals surface area contributed by atoms with Gasteiger partial charge in [-0.25, -0.2) is 0 Å². The van der Waals surface area contributed by atoms with Crippen LogP contribution in [0.25, 0.3) is 0 Å². The molecule has 0 atom stereocenters. The monoisotopic (exact) mass is 244 g/mol. The van der Waals surface area contributed by atoms with Crippen LogP contribution in [0.1, 0.15) is 77.3 Å². The Morgan fingerprint density at radius 1 is 1.00 bits per heavy atom. The lowest BCUT2D eigenvalue weighted by atomic mass is 9.82. The van der Waals surface area contributed by atoms with Crippen molar-refractivity contribution in [1.82, 2.24) is 0 Å².